The maximum atomic E-state index is 13.9. The predicted octanol–water partition coefficient (Wildman–Crippen LogP) is 4.05. The summed E-state index contributed by atoms with van der Waals surface area (Å²) < 4.78 is 28.6. The monoisotopic (exact) mass is 1500 g/mol. The van der Waals surface area contributed by atoms with Crippen LogP contribution in [-0.2, 0) is 75.2 Å². The van der Waals surface area contributed by atoms with Gasteiger partial charge in [-0.3, -0.25) is 67.9 Å². The van der Waals surface area contributed by atoms with E-state index in [9.17, 15) is 62.3 Å². The fourth-order valence-electron chi connectivity index (χ4n) is 13.2. The molecule has 0 bridgehead atoms. The molecule has 14 amide bonds. The number of amides is 14. The van der Waals surface area contributed by atoms with E-state index in [1.807, 2.05) is 6.92 Å². The lowest BCUT2D eigenvalue weighted by atomic mass is 10.0. The van der Waals surface area contributed by atoms with Gasteiger partial charge in [-0.25, -0.2) is 14.6 Å². The van der Waals surface area contributed by atoms with Gasteiger partial charge in [-0.05, 0) is 105 Å². The molecule has 9 rings (SSSR count). The average Bonchev–Trinajstić information content (AvgIpc) is 1.78. The molecular formula is C74H96N16O18. The van der Waals surface area contributed by atoms with E-state index in [-0.39, 0.29) is 158 Å². The Morgan fingerprint density at radius 3 is 2.19 bits per heavy atom. The number of nitrogens with one attached hydrogen (secondary N) is 8. The quantitative estimate of drug-likeness (QED) is 0.0224. The summed E-state index contributed by atoms with van der Waals surface area (Å²) in [5, 5.41) is 21.9. The van der Waals surface area contributed by atoms with Crippen molar-refractivity contribution >= 4 is 112 Å². The van der Waals surface area contributed by atoms with E-state index in [1.54, 1.807) is 92.7 Å². The minimum absolute atomic E-state index is 0.0197. The molecule has 5 heterocycles. The Morgan fingerprint density at radius 1 is 0.769 bits per heavy atom. The number of fused-ring (bicyclic) bond motifs is 2. The standard InChI is InChI=1S/C74H96N16O18/c1-6-55-71(101)86(4)57-41-78-73(85-65(57)90(55)49-14-9-10-15-49)82-53-25-22-47(40-58(53)104-5)66(96)76-31-34-105-36-38-107-39-37-106-35-33-87(43-61(93)80-52-17-12-16-50-51(52)42-89(70(50)100)56-26-27-60(92)84-68(56)98)74(103)108-44-46-20-23-48(24-21-46)79-67(97)54(18-13-30-77-72(75)102)81-69(99)64(45(2)3)83-59(91)19-8-7-11-32-88-62(94)28-29-63(88)95/h12,16-17,20-25,28-29,40-41,45,49,54-56,64H,6-11,13-15,18-19,26-27,30-39,42-44H2,1-5H3,(H,76,96)(H,79,97)(H,80,93)(H,81,99)(H,83,91)(H3,75,77,102)(H,78,82,85)(H,84,92,98)/t54-,55+,56?,64-/m0/s1. The molecule has 3 aromatic carbocycles. The molecule has 1 unspecified atom stereocenters. The molecule has 108 heavy (non-hydrogen) atoms. The maximum Gasteiger partial charge on any atom is 0.410 e. The first-order valence-electron chi connectivity index (χ1n) is 36.5. The number of unbranched alkanes of at least 4 members (excludes halogenated alkanes) is 2. The van der Waals surface area contributed by atoms with Gasteiger partial charge < -0.3 is 81.3 Å². The van der Waals surface area contributed by atoms with Crippen LogP contribution in [0.1, 0.15) is 136 Å². The highest BCUT2D eigenvalue weighted by Gasteiger charge is 2.43. The minimum atomic E-state index is -1.14. The second-order valence-electron chi connectivity index (χ2n) is 26.9. The van der Waals surface area contributed by atoms with E-state index in [0.29, 0.717) is 77.0 Å². The molecule has 2 fully saturated rings. The number of aromatic nitrogens is 2. The Kier molecular flexibility index (Phi) is 29.6. The zero-order valence-electron chi connectivity index (χ0n) is 61.4. The molecule has 34 heteroatoms. The van der Waals surface area contributed by atoms with Crippen LogP contribution in [-0.4, -0.2) is 219 Å². The summed E-state index contributed by atoms with van der Waals surface area (Å²) in [6.45, 7) is 5.74. The number of piperidine rings is 1. The van der Waals surface area contributed by atoms with Gasteiger partial charge in [0, 0.05) is 98.9 Å². The highest BCUT2D eigenvalue weighted by molar-refractivity contribution is 6.13. The maximum absolute atomic E-state index is 13.9. The first-order valence-corrected chi connectivity index (χ1v) is 36.5. The molecule has 0 spiro atoms. The number of nitrogens with two attached hydrogens (primary N) is 1. The Balaban J connectivity index is 0.732. The van der Waals surface area contributed by atoms with Crippen LogP contribution in [0.25, 0.3) is 0 Å². The van der Waals surface area contributed by atoms with Crippen molar-refractivity contribution in [3.8, 4) is 5.75 Å². The largest absolute Gasteiger partial charge is 0.495 e. The Labute approximate surface area is 625 Å². The molecule has 34 nitrogen and oxygen atoms in total. The normalized spacial score (nSPS) is 16.7. The summed E-state index contributed by atoms with van der Waals surface area (Å²) in [5.41, 5.74) is 8.54. The average molecular weight is 1500 g/mol. The molecule has 1 aromatic heterocycles. The summed E-state index contributed by atoms with van der Waals surface area (Å²) in [5.74, 6) is -3.88. The van der Waals surface area contributed by atoms with E-state index in [1.165, 1.54) is 24.2 Å². The second kappa shape index (κ2) is 39.5. The molecule has 580 valence electrons. The van der Waals surface area contributed by atoms with Crippen LogP contribution in [0, 0.1) is 5.92 Å². The number of hydrogen-bond acceptors (Lipinski definition) is 22. The molecule has 4 aliphatic heterocycles. The first kappa shape index (κ1) is 81.0. The number of anilines is 6. The number of carbonyl (C=O) groups is 13. The van der Waals surface area contributed by atoms with E-state index in [4.69, 9.17) is 34.4 Å². The van der Waals surface area contributed by atoms with E-state index in [0.717, 1.165) is 35.5 Å². The van der Waals surface area contributed by atoms with Crippen LogP contribution in [0.5, 0.6) is 5.75 Å². The molecule has 1 aliphatic carbocycles. The number of rotatable bonds is 40. The number of hydrogen-bond donors (Lipinski definition) is 9. The highest BCUT2D eigenvalue weighted by Crippen LogP contribution is 2.41. The second-order valence-corrected chi connectivity index (χ2v) is 26.9. The molecule has 5 aliphatic rings. The van der Waals surface area contributed by atoms with Crippen molar-refractivity contribution in [2.24, 2.45) is 11.7 Å². The number of primary amides is 1. The number of ether oxygens (including phenoxy) is 5. The van der Waals surface area contributed by atoms with E-state index >= 15 is 0 Å². The summed E-state index contributed by atoms with van der Waals surface area (Å²) in [7, 11) is 3.24. The van der Waals surface area contributed by atoms with Gasteiger partial charge in [0.05, 0.1) is 58.6 Å². The summed E-state index contributed by atoms with van der Waals surface area (Å²) >= 11 is 0. The number of benzene rings is 3. The van der Waals surface area contributed by atoms with Crippen molar-refractivity contribution < 1.29 is 86.0 Å². The summed E-state index contributed by atoms with van der Waals surface area (Å²) in [6, 6.07) is 12.0. The van der Waals surface area contributed by atoms with Crippen molar-refractivity contribution in [1.82, 2.24) is 51.3 Å². The number of urea groups is 1. The summed E-state index contributed by atoms with van der Waals surface area (Å²) in [6.07, 6.45) is 9.97. The van der Waals surface area contributed by atoms with Gasteiger partial charge in [0.1, 0.15) is 48.8 Å². The Hall–Kier alpha value is -11.1. The van der Waals surface area contributed by atoms with Crippen LogP contribution in [0.2, 0.25) is 0 Å². The number of methoxy groups -OCH3 is 1. The van der Waals surface area contributed by atoms with Crippen LogP contribution in [0.4, 0.5) is 44.1 Å². The lowest BCUT2D eigenvalue weighted by Crippen LogP contribution is -2.55. The SMILES string of the molecule is CC[C@@H]1C(=O)N(C)c2cnc(Nc3ccc(C(=O)NCCOCCOCCOCCN(CC(=O)Nc4cccc5c4CN(C4CCC(=O)NC4=O)C5=O)C(=O)OCc4ccc(NC(=O)[C@H](CCCNC(N)=O)NC(=O)[C@@H](NC(=O)CCCCCN5C(=O)C=CC5=O)C(C)C)cc4)cc3OC)nc2N1C1CCCC1. The third kappa shape index (κ3) is 22.0. The lowest BCUT2D eigenvalue weighted by molar-refractivity contribution is -0.138. The number of carbonyl (C=O) groups excluding carboxylic acids is 13. The van der Waals surface area contributed by atoms with Gasteiger partial charge in [0.15, 0.2) is 5.82 Å². The van der Waals surface area contributed by atoms with Crippen molar-refractivity contribution in [3.63, 3.8) is 0 Å². The van der Waals surface area contributed by atoms with Crippen LogP contribution in [0.15, 0.2) is 79.0 Å². The fraction of sp³-hybridized carbons (Fsp3) is 0.500. The van der Waals surface area contributed by atoms with Crippen molar-refractivity contribution in [2.45, 2.75) is 148 Å². The molecule has 4 aromatic rings. The molecular weight excluding hydrogens is 1400 g/mol. The van der Waals surface area contributed by atoms with Gasteiger partial charge in [-0.1, -0.05) is 58.2 Å². The smallest absolute Gasteiger partial charge is 0.410 e. The molecule has 10 N–H and O–H groups in total. The predicted molar refractivity (Wildman–Crippen MR) is 393 cm³/mol. The molecule has 4 atom stereocenters. The third-order valence-corrected chi connectivity index (χ3v) is 19.0. The van der Waals surface area contributed by atoms with Crippen molar-refractivity contribution in [1.29, 1.82) is 0 Å². The minimum Gasteiger partial charge on any atom is -0.495 e. The Morgan fingerprint density at radius 2 is 1.49 bits per heavy atom. The van der Waals surface area contributed by atoms with Gasteiger partial charge in [-0.2, -0.15) is 4.98 Å². The van der Waals surface area contributed by atoms with Gasteiger partial charge >= 0.3 is 12.1 Å². The zero-order chi connectivity index (χ0) is 77.4. The van der Waals surface area contributed by atoms with Crippen LogP contribution < -0.4 is 62.8 Å². The molecule has 1 saturated heterocycles. The van der Waals surface area contributed by atoms with E-state index < -0.39 is 84.1 Å². The topological polar surface area (TPSA) is 432 Å². The molecule has 1 saturated carbocycles. The summed E-state index contributed by atoms with van der Waals surface area (Å²) in [4.78, 5) is 185. The van der Waals surface area contributed by atoms with Crippen LogP contribution >= 0.6 is 0 Å². The number of likely N-dealkylation sites (N-methyl/N-ethyl adjacent to an activating group) is 1. The fourth-order valence-corrected chi connectivity index (χ4v) is 13.2. The van der Waals surface area contributed by atoms with Crippen LogP contribution in [0.3, 0.4) is 0 Å². The Bertz CT molecular complexity index is 3960. The number of imide groups is 2. The van der Waals surface area contributed by atoms with E-state index in [2.05, 4.69) is 52.4 Å². The third-order valence-electron chi connectivity index (χ3n) is 19.0. The molecule has 0 radical (unpaired) electrons. The van der Waals surface area contributed by atoms with Crippen molar-refractivity contribution in [2.75, 3.05) is 112 Å². The first-order chi connectivity index (χ1) is 52.0. The lowest BCUT2D eigenvalue weighted by Gasteiger charge is -2.43. The van der Waals surface area contributed by atoms with Crippen molar-refractivity contribution in [3.05, 3.63) is 101 Å². The van der Waals surface area contributed by atoms with Gasteiger partial charge in [0.2, 0.25) is 47.3 Å². The zero-order valence-corrected chi connectivity index (χ0v) is 61.4. The van der Waals surface area contributed by atoms with Gasteiger partial charge in [-0.15, -0.1) is 0 Å². The number of nitrogens with zero attached hydrogens (tertiary/aromatic N) is 7. The highest BCUT2D eigenvalue weighted by atomic mass is 16.6. The van der Waals surface area contributed by atoms with Gasteiger partial charge in [0.25, 0.3) is 23.6 Å².